The van der Waals surface area contributed by atoms with Gasteiger partial charge in [0.2, 0.25) is 10.0 Å². The van der Waals surface area contributed by atoms with Crippen molar-refractivity contribution in [1.82, 2.24) is 14.1 Å². The van der Waals surface area contributed by atoms with E-state index in [0.29, 0.717) is 18.5 Å². The van der Waals surface area contributed by atoms with Crippen molar-refractivity contribution in [2.24, 2.45) is 7.05 Å². The number of hydrogen-bond donors (Lipinski definition) is 2. The third-order valence-corrected chi connectivity index (χ3v) is 6.15. The maximum atomic E-state index is 12.7. The zero-order valence-electron chi connectivity index (χ0n) is 12.1. The molecule has 20 heavy (non-hydrogen) atoms. The van der Waals surface area contributed by atoms with Crippen LogP contribution in [-0.4, -0.2) is 46.8 Å². The second kappa shape index (κ2) is 5.34. The fraction of sp³-hybridized carbons (Fsp3) is 0.750. The van der Waals surface area contributed by atoms with E-state index in [4.69, 9.17) is 5.73 Å². The summed E-state index contributed by atoms with van der Waals surface area (Å²) in [6.07, 6.45) is 2.52. The molecule has 1 aromatic rings. The van der Waals surface area contributed by atoms with E-state index in [1.54, 1.807) is 14.0 Å². The van der Waals surface area contributed by atoms with Crippen molar-refractivity contribution in [3.8, 4) is 0 Å². The molecule has 114 valence electrons. The van der Waals surface area contributed by atoms with Crippen LogP contribution in [-0.2, 0) is 17.1 Å². The van der Waals surface area contributed by atoms with E-state index >= 15 is 0 Å². The second-order valence-electron chi connectivity index (χ2n) is 5.36. The summed E-state index contributed by atoms with van der Waals surface area (Å²) in [5, 5.41) is 14.0. The predicted molar refractivity (Wildman–Crippen MR) is 75.6 cm³/mol. The SMILES string of the molecule is Cc1c(S(=O)(=O)N(C)C2CCCCC2O)c(N)nn1C. The van der Waals surface area contributed by atoms with Crippen LogP contribution in [0, 0.1) is 6.92 Å². The van der Waals surface area contributed by atoms with Gasteiger partial charge in [0.15, 0.2) is 5.82 Å². The highest BCUT2D eigenvalue weighted by atomic mass is 32.2. The number of nitrogens with two attached hydrogens (primary N) is 1. The van der Waals surface area contributed by atoms with Crippen LogP contribution < -0.4 is 5.73 Å². The minimum Gasteiger partial charge on any atom is -0.391 e. The van der Waals surface area contributed by atoms with Gasteiger partial charge in [-0.2, -0.15) is 9.40 Å². The first kappa shape index (κ1) is 15.3. The molecule has 0 amide bonds. The van der Waals surface area contributed by atoms with Gasteiger partial charge >= 0.3 is 0 Å². The topological polar surface area (TPSA) is 101 Å². The first-order valence-corrected chi connectivity index (χ1v) is 8.16. The number of nitrogen functional groups attached to an aromatic ring is 1. The van der Waals surface area contributed by atoms with Crippen LogP contribution in [0.4, 0.5) is 5.82 Å². The van der Waals surface area contributed by atoms with Gasteiger partial charge in [-0.1, -0.05) is 12.8 Å². The molecule has 0 aromatic carbocycles. The highest BCUT2D eigenvalue weighted by molar-refractivity contribution is 7.89. The highest BCUT2D eigenvalue weighted by Crippen LogP contribution is 2.30. The number of hydrogen-bond acceptors (Lipinski definition) is 5. The number of aromatic nitrogens is 2. The molecule has 1 saturated carbocycles. The molecule has 0 radical (unpaired) electrons. The summed E-state index contributed by atoms with van der Waals surface area (Å²) in [7, 11) is -0.594. The average Bonchev–Trinajstić information content (AvgIpc) is 2.63. The summed E-state index contributed by atoms with van der Waals surface area (Å²) >= 11 is 0. The smallest absolute Gasteiger partial charge is 0.248 e. The summed E-state index contributed by atoms with van der Waals surface area (Å²) in [6, 6.07) is -0.396. The van der Waals surface area contributed by atoms with E-state index in [1.165, 1.54) is 16.0 Å². The predicted octanol–water partition coefficient (Wildman–Crippen LogP) is 0.235. The zero-order valence-corrected chi connectivity index (χ0v) is 12.9. The van der Waals surface area contributed by atoms with Gasteiger partial charge in [0, 0.05) is 14.1 Å². The Balaban J connectivity index is 2.39. The van der Waals surface area contributed by atoms with Crippen LogP contribution in [0.5, 0.6) is 0 Å². The Labute approximate surface area is 119 Å². The van der Waals surface area contributed by atoms with Crippen LogP contribution in [0.25, 0.3) is 0 Å². The van der Waals surface area contributed by atoms with E-state index in [1.807, 2.05) is 0 Å². The van der Waals surface area contributed by atoms with Gasteiger partial charge in [0.25, 0.3) is 0 Å². The Morgan fingerprint density at radius 2 is 2.00 bits per heavy atom. The summed E-state index contributed by atoms with van der Waals surface area (Å²) in [5.74, 6) is 0.00199. The molecule has 1 heterocycles. The van der Waals surface area contributed by atoms with Crippen LogP contribution in [0.2, 0.25) is 0 Å². The quantitative estimate of drug-likeness (QED) is 0.832. The van der Waals surface area contributed by atoms with Gasteiger partial charge in [0.05, 0.1) is 17.8 Å². The maximum Gasteiger partial charge on any atom is 0.248 e. The Morgan fingerprint density at radius 3 is 2.50 bits per heavy atom. The van der Waals surface area contributed by atoms with Gasteiger partial charge in [-0.3, -0.25) is 4.68 Å². The largest absolute Gasteiger partial charge is 0.391 e. The lowest BCUT2D eigenvalue weighted by molar-refractivity contribution is 0.0638. The first-order chi connectivity index (χ1) is 9.26. The van der Waals surface area contributed by atoms with Gasteiger partial charge in [-0.15, -0.1) is 0 Å². The summed E-state index contributed by atoms with van der Waals surface area (Å²) in [6.45, 7) is 1.67. The molecule has 0 saturated heterocycles. The Kier molecular flexibility index (Phi) is 4.08. The van der Waals surface area contributed by atoms with E-state index in [0.717, 1.165) is 12.8 Å². The van der Waals surface area contributed by atoms with Crippen molar-refractivity contribution in [3.63, 3.8) is 0 Å². The molecule has 0 aliphatic heterocycles. The lowest BCUT2D eigenvalue weighted by Crippen LogP contribution is -2.46. The van der Waals surface area contributed by atoms with Gasteiger partial charge < -0.3 is 10.8 Å². The molecule has 0 spiro atoms. The summed E-state index contributed by atoms with van der Waals surface area (Å²) in [4.78, 5) is 0.0419. The molecular formula is C12H22N4O3S. The van der Waals surface area contributed by atoms with Gasteiger partial charge in [-0.25, -0.2) is 8.42 Å². The minimum absolute atomic E-state index is 0.00199. The molecule has 8 heteroatoms. The molecule has 1 fully saturated rings. The van der Waals surface area contributed by atoms with Crippen molar-refractivity contribution in [1.29, 1.82) is 0 Å². The molecule has 1 aliphatic rings. The van der Waals surface area contributed by atoms with Crippen molar-refractivity contribution in [2.75, 3.05) is 12.8 Å². The Hall–Kier alpha value is -1.12. The van der Waals surface area contributed by atoms with Gasteiger partial charge in [-0.05, 0) is 19.8 Å². The Morgan fingerprint density at radius 1 is 1.40 bits per heavy atom. The normalized spacial score (nSPS) is 24.2. The van der Waals surface area contributed by atoms with Crippen molar-refractivity contribution < 1.29 is 13.5 Å². The van der Waals surface area contributed by atoms with Gasteiger partial charge in [0.1, 0.15) is 4.90 Å². The van der Waals surface area contributed by atoms with Crippen LogP contribution >= 0.6 is 0 Å². The number of nitrogens with zero attached hydrogens (tertiary/aromatic N) is 3. The van der Waals surface area contributed by atoms with Crippen molar-refractivity contribution in [3.05, 3.63) is 5.69 Å². The molecule has 2 unspecified atom stereocenters. The fourth-order valence-electron chi connectivity index (χ4n) is 2.77. The molecule has 0 bridgehead atoms. The van der Waals surface area contributed by atoms with Crippen molar-refractivity contribution in [2.45, 2.75) is 49.6 Å². The van der Waals surface area contributed by atoms with E-state index in [2.05, 4.69) is 5.10 Å². The molecule has 3 N–H and O–H groups in total. The first-order valence-electron chi connectivity index (χ1n) is 6.72. The summed E-state index contributed by atoms with van der Waals surface area (Å²) < 4.78 is 28.1. The molecule has 2 rings (SSSR count). The van der Waals surface area contributed by atoms with Crippen molar-refractivity contribution >= 4 is 15.8 Å². The minimum atomic E-state index is -3.75. The number of rotatable bonds is 3. The third kappa shape index (κ3) is 2.43. The van der Waals surface area contributed by atoms with Crippen LogP contribution in [0.1, 0.15) is 31.4 Å². The standard InChI is InChI=1S/C12H22N4O3S/c1-8-11(12(13)14-15(8)2)20(18,19)16(3)9-6-4-5-7-10(9)17/h9-10,17H,4-7H2,1-3H3,(H2,13,14). The third-order valence-electron chi connectivity index (χ3n) is 4.10. The molecule has 1 aromatic heterocycles. The number of likely N-dealkylation sites (N-methyl/N-ethyl adjacent to an activating group) is 1. The van der Waals surface area contributed by atoms with Crippen LogP contribution in [0.3, 0.4) is 0 Å². The molecule has 2 atom stereocenters. The number of anilines is 1. The zero-order chi connectivity index (χ0) is 15.1. The number of aliphatic hydroxyl groups is 1. The highest BCUT2D eigenvalue weighted by Gasteiger charge is 2.37. The molecule has 1 aliphatic carbocycles. The maximum absolute atomic E-state index is 12.7. The number of aryl methyl sites for hydroxylation is 1. The summed E-state index contributed by atoms with van der Waals surface area (Å²) in [5.41, 5.74) is 6.23. The Bertz CT molecular complexity index is 596. The fourth-order valence-corrected chi connectivity index (χ4v) is 4.47. The van der Waals surface area contributed by atoms with Crippen LogP contribution in [0.15, 0.2) is 4.90 Å². The lowest BCUT2D eigenvalue weighted by atomic mass is 9.93. The van der Waals surface area contributed by atoms with E-state index in [9.17, 15) is 13.5 Å². The molecule has 7 nitrogen and oxygen atoms in total. The lowest BCUT2D eigenvalue weighted by Gasteiger charge is -2.34. The average molecular weight is 302 g/mol. The van der Waals surface area contributed by atoms with E-state index in [-0.39, 0.29) is 10.7 Å². The second-order valence-corrected chi connectivity index (χ2v) is 7.30. The number of sulfonamides is 1. The number of aliphatic hydroxyl groups excluding tert-OH is 1. The monoisotopic (exact) mass is 302 g/mol. The van der Waals surface area contributed by atoms with E-state index < -0.39 is 22.2 Å². The molecular weight excluding hydrogens is 280 g/mol.